The fraction of sp³-hybridized carbons (Fsp3) is 0.870. The minimum Gasteiger partial charge on any atom is -0.463 e. The Morgan fingerprint density at radius 2 is 1.61 bits per heavy atom. The normalized spacial score (nSPS) is 47.5. The first-order valence-corrected chi connectivity index (χ1v) is 11.0. The molecule has 0 aromatic rings. The molecule has 156 valence electrons. The topological polar surface area (TPSA) is 69.7 Å². The average molecular weight is 391 g/mol. The van der Waals surface area contributed by atoms with Crippen LogP contribution in [0.2, 0.25) is 0 Å². The zero-order valence-electron chi connectivity index (χ0n) is 17.7. The smallest absolute Gasteiger partial charge is 0.303 e. The number of carbonyl (C=O) groups excluding carboxylic acids is 3. The molecule has 5 nitrogen and oxygen atoms in total. The molecular weight excluding hydrogens is 356 g/mol. The first kappa shape index (κ1) is 19.9. The molecule has 1 unspecified atom stereocenters. The summed E-state index contributed by atoms with van der Waals surface area (Å²) in [5.41, 5.74) is -0.0666. The molecule has 0 radical (unpaired) electrons. The molecule has 0 aromatic heterocycles. The van der Waals surface area contributed by atoms with Gasteiger partial charge in [-0.25, -0.2) is 0 Å². The van der Waals surface area contributed by atoms with Gasteiger partial charge in [0.05, 0.1) is 0 Å². The maximum atomic E-state index is 13.1. The second-order valence-electron chi connectivity index (χ2n) is 10.3. The fourth-order valence-corrected chi connectivity index (χ4v) is 7.63. The summed E-state index contributed by atoms with van der Waals surface area (Å²) in [5.74, 6) is 1.70. The highest BCUT2D eigenvalue weighted by Crippen LogP contribution is 2.65. The largest absolute Gasteiger partial charge is 0.463 e. The van der Waals surface area contributed by atoms with Crippen molar-refractivity contribution in [2.45, 2.75) is 91.3 Å². The summed E-state index contributed by atoms with van der Waals surface area (Å²) >= 11 is 0. The number of fused-ring (bicyclic) bond motifs is 5. The van der Waals surface area contributed by atoms with E-state index in [0.29, 0.717) is 30.1 Å². The van der Waals surface area contributed by atoms with Crippen LogP contribution in [-0.2, 0) is 23.9 Å². The Kier molecular flexibility index (Phi) is 4.86. The van der Waals surface area contributed by atoms with Crippen molar-refractivity contribution in [2.75, 3.05) is 0 Å². The molecule has 28 heavy (non-hydrogen) atoms. The molecule has 8 atom stereocenters. The van der Waals surface area contributed by atoms with E-state index in [2.05, 4.69) is 13.8 Å². The predicted octanol–water partition coefficient (Wildman–Crippen LogP) is 4.07. The van der Waals surface area contributed by atoms with Crippen molar-refractivity contribution in [3.05, 3.63) is 0 Å². The number of Topliss-reactive ketones (excluding diaryl/α,β-unsaturated/α-hetero) is 1. The maximum absolute atomic E-state index is 13.1. The van der Waals surface area contributed by atoms with Crippen LogP contribution in [0.4, 0.5) is 0 Å². The van der Waals surface area contributed by atoms with Gasteiger partial charge in [-0.2, -0.15) is 0 Å². The van der Waals surface area contributed by atoms with Gasteiger partial charge in [0.15, 0.2) is 11.9 Å². The van der Waals surface area contributed by atoms with Gasteiger partial charge >= 0.3 is 11.9 Å². The quantitative estimate of drug-likeness (QED) is 0.665. The second kappa shape index (κ2) is 6.84. The second-order valence-corrected chi connectivity index (χ2v) is 10.3. The van der Waals surface area contributed by atoms with Crippen molar-refractivity contribution < 1.29 is 23.9 Å². The third-order valence-electron chi connectivity index (χ3n) is 8.97. The maximum Gasteiger partial charge on any atom is 0.303 e. The van der Waals surface area contributed by atoms with Crippen LogP contribution in [0.1, 0.15) is 79.1 Å². The lowest BCUT2D eigenvalue weighted by Gasteiger charge is -2.60. The zero-order valence-corrected chi connectivity index (χ0v) is 17.7. The Labute approximate surface area is 167 Å². The summed E-state index contributed by atoms with van der Waals surface area (Å²) in [6, 6.07) is 0. The van der Waals surface area contributed by atoms with Gasteiger partial charge in [0.25, 0.3) is 0 Å². The summed E-state index contributed by atoms with van der Waals surface area (Å²) in [4.78, 5) is 35.9. The van der Waals surface area contributed by atoms with E-state index in [1.54, 1.807) is 0 Å². The lowest BCUT2D eigenvalue weighted by atomic mass is 9.45. The van der Waals surface area contributed by atoms with Gasteiger partial charge in [-0.05, 0) is 80.5 Å². The minimum absolute atomic E-state index is 0.0717. The lowest BCUT2D eigenvalue weighted by Crippen LogP contribution is -2.54. The average Bonchev–Trinajstić information content (AvgIpc) is 2.86. The van der Waals surface area contributed by atoms with E-state index < -0.39 is 6.10 Å². The number of rotatable bonds is 2. The van der Waals surface area contributed by atoms with E-state index in [9.17, 15) is 14.4 Å². The van der Waals surface area contributed by atoms with Crippen molar-refractivity contribution in [1.29, 1.82) is 0 Å². The Hall–Kier alpha value is -1.39. The van der Waals surface area contributed by atoms with Crippen molar-refractivity contribution >= 4 is 17.7 Å². The number of ketones is 1. The number of hydrogen-bond donors (Lipinski definition) is 0. The first-order chi connectivity index (χ1) is 13.1. The molecular formula is C23H34O5. The number of ether oxygens (including phenoxy) is 2. The summed E-state index contributed by atoms with van der Waals surface area (Å²) in [6.07, 6.45) is 7.54. The zero-order chi connectivity index (χ0) is 20.3. The van der Waals surface area contributed by atoms with E-state index in [0.717, 1.165) is 44.9 Å². The van der Waals surface area contributed by atoms with Crippen LogP contribution < -0.4 is 0 Å². The van der Waals surface area contributed by atoms with E-state index in [1.807, 2.05) is 0 Å². The molecule has 0 saturated heterocycles. The van der Waals surface area contributed by atoms with Crippen LogP contribution in [0.3, 0.4) is 0 Å². The van der Waals surface area contributed by atoms with E-state index in [4.69, 9.17) is 9.47 Å². The Balaban J connectivity index is 1.54. The van der Waals surface area contributed by atoms with Crippen LogP contribution in [0, 0.1) is 34.5 Å². The molecule has 5 heteroatoms. The van der Waals surface area contributed by atoms with Crippen molar-refractivity contribution in [3.8, 4) is 0 Å². The highest BCUT2D eigenvalue weighted by molar-refractivity contribution is 5.92. The number of esters is 2. The van der Waals surface area contributed by atoms with Gasteiger partial charge in [-0.3, -0.25) is 14.4 Å². The number of carbonyl (C=O) groups is 3. The standard InChI is InChI=1S/C23H34O5/c1-13(24)27-16-7-9-22(3)15(11-16)5-6-17-18(22)8-10-23(4)19(17)12-20(21(23)26)28-14(2)25/h15-20H,5-12H2,1-4H3/t15-,16-,17+,18-,19-,20?,22-,23-/m0/s1. The first-order valence-electron chi connectivity index (χ1n) is 11.0. The number of hydrogen-bond acceptors (Lipinski definition) is 5. The molecule has 0 aliphatic heterocycles. The third kappa shape index (κ3) is 3.00. The molecule has 4 fully saturated rings. The van der Waals surface area contributed by atoms with Crippen molar-refractivity contribution in [1.82, 2.24) is 0 Å². The molecule has 4 rings (SSSR count). The van der Waals surface area contributed by atoms with Crippen LogP contribution >= 0.6 is 0 Å². The van der Waals surface area contributed by atoms with Crippen molar-refractivity contribution in [3.63, 3.8) is 0 Å². The van der Waals surface area contributed by atoms with Crippen molar-refractivity contribution in [2.24, 2.45) is 34.5 Å². The molecule has 0 heterocycles. The van der Waals surface area contributed by atoms with E-state index in [1.165, 1.54) is 13.8 Å². The van der Waals surface area contributed by atoms with Crippen LogP contribution in [0.15, 0.2) is 0 Å². The van der Waals surface area contributed by atoms with E-state index in [-0.39, 0.29) is 34.7 Å². The summed E-state index contributed by atoms with van der Waals surface area (Å²) in [5, 5.41) is 0. The fourth-order valence-electron chi connectivity index (χ4n) is 7.63. The Bertz CT molecular complexity index is 686. The van der Waals surface area contributed by atoms with Gasteiger partial charge < -0.3 is 9.47 Å². The molecule has 0 amide bonds. The summed E-state index contributed by atoms with van der Waals surface area (Å²) in [7, 11) is 0. The molecule has 4 aliphatic rings. The van der Waals surface area contributed by atoms with Gasteiger partial charge in [-0.1, -0.05) is 13.8 Å². The molecule has 0 N–H and O–H groups in total. The monoisotopic (exact) mass is 390 g/mol. The van der Waals surface area contributed by atoms with Gasteiger partial charge in [0.2, 0.25) is 0 Å². The van der Waals surface area contributed by atoms with Gasteiger partial charge in [-0.15, -0.1) is 0 Å². The van der Waals surface area contributed by atoms with E-state index >= 15 is 0 Å². The SMILES string of the molecule is CC(=O)OC1C[C@H]2[C@@H]3CC[C@H]4C[C@@H](OC(C)=O)CC[C@]4(C)[C@H]3CC[C@]2(C)C1=O. The third-order valence-corrected chi connectivity index (χ3v) is 8.97. The van der Waals surface area contributed by atoms with Crippen LogP contribution in [0.25, 0.3) is 0 Å². The Morgan fingerprint density at radius 3 is 2.29 bits per heavy atom. The highest BCUT2D eigenvalue weighted by atomic mass is 16.5. The molecule has 4 saturated carbocycles. The van der Waals surface area contributed by atoms with Gasteiger partial charge in [0, 0.05) is 19.3 Å². The molecule has 0 aromatic carbocycles. The van der Waals surface area contributed by atoms with Crippen LogP contribution in [0.5, 0.6) is 0 Å². The molecule has 0 bridgehead atoms. The van der Waals surface area contributed by atoms with Crippen LogP contribution in [-0.4, -0.2) is 29.9 Å². The molecule has 0 spiro atoms. The summed E-state index contributed by atoms with van der Waals surface area (Å²) in [6.45, 7) is 7.46. The Morgan fingerprint density at radius 1 is 0.893 bits per heavy atom. The molecule has 4 aliphatic carbocycles. The van der Waals surface area contributed by atoms with Gasteiger partial charge in [0.1, 0.15) is 6.10 Å². The lowest BCUT2D eigenvalue weighted by molar-refractivity contribution is -0.160. The predicted molar refractivity (Wildman–Crippen MR) is 103 cm³/mol. The highest BCUT2D eigenvalue weighted by Gasteiger charge is 2.63. The minimum atomic E-state index is -0.545. The summed E-state index contributed by atoms with van der Waals surface area (Å²) < 4.78 is 10.9.